The zero-order valence-corrected chi connectivity index (χ0v) is 12.5. The van der Waals surface area contributed by atoms with Gasteiger partial charge in [0.2, 0.25) is 10.0 Å². The van der Waals surface area contributed by atoms with Crippen LogP contribution in [0.4, 0.5) is 0 Å². The lowest BCUT2D eigenvalue weighted by Gasteiger charge is -2.09. The Morgan fingerprint density at radius 2 is 2.16 bits per heavy atom. The topological polar surface area (TPSA) is 98.5 Å². The predicted molar refractivity (Wildman–Crippen MR) is 74.8 cm³/mol. The Bertz CT molecular complexity index is 613. The van der Waals surface area contributed by atoms with Gasteiger partial charge in [0.05, 0.1) is 7.11 Å². The molecule has 6 nitrogen and oxygen atoms in total. The Hall–Kier alpha value is -1.38. The van der Waals surface area contributed by atoms with Crippen LogP contribution in [0.1, 0.15) is 10.4 Å². The zero-order valence-electron chi connectivity index (χ0n) is 10.1. The quantitative estimate of drug-likeness (QED) is 0.828. The van der Waals surface area contributed by atoms with Gasteiger partial charge < -0.3 is 10.1 Å². The molecular formula is C11H13BrN2O4S. The minimum absolute atomic E-state index is 0.0870. The fourth-order valence-corrected chi connectivity index (χ4v) is 2.18. The molecule has 1 rings (SSSR count). The Labute approximate surface area is 119 Å². The van der Waals surface area contributed by atoms with E-state index in [-0.39, 0.29) is 22.8 Å². The van der Waals surface area contributed by atoms with Gasteiger partial charge in [-0.1, -0.05) is 22.5 Å². The van der Waals surface area contributed by atoms with Crippen molar-refractivity contribution in [3.8, 4) is 5.75 Å². The summed E-state index contributed by atoms with van der Waals surface area (Å²) in [5.74, 6) is -0.350. The summed E-state index contributed by atoms with van der Waals surface area (Å²) < 4.78 is 28.3. The largest absolute Gasteiger partial charge is 0.495 e. The summed E-state index contributed by atoms with van der Waals surface area (Å²) in [5, 5.41) is 7.62. The normalized spacial score (nSPS) is 10.9. The molecule has 19 heavy (non-hydrogen) atoms. The number of carbonyl (C=O) groups is 1. The monoisotopic (exact) mass is 348 g/mol. The molecule has 0 bridgehead atoms. The molecule has 3 N–H and O–H groups in total. The predicted octanol–water partition coefficient (Wildman–Crippen LogP) is 0.981. The Morgan fingerprint density at radius 1 is 1.53 bits per heavy atom. The van der Waals surface area contributed by atoms with Gasteiger partial charge >= 0.3 is 0 Å². The molecule has 0 aromatic heterocycles. The first-order valence-corrected chi connectivity index (χ1v) is 7.42. The van der Waals surface area contributed by atoms with Gasteiger partial charge in [-0.3, -0.25) is 4.79 Å². The van der Waals surface area contributed by atoms with Gasteiger partial charge in [-0.15, -0.1) is 0 Å². The van der Waals surface area contributed by atoms with E-state index in [2.05, 4.69) is 27.8 Å². The van der Waals surface area contributed by atoms with Gasteiger partial charge in [-0.25, -0.2) is 13.6 Å². The van der Waals surface area contributed by atoms with E-state index >= 15 is 0 Å². The molecule has 0 heterocycles. The first-order chi connectivity index (χ1) is 8.75. The van der Waals surface area contributed by atoms with Crippen LogP contribution in [0.2, 0.25) is 0 Å². The highest BCUT2D eigenvalue weighted by Crippen LogP contribution is 2.23. The third kappa shape index (κ3) is 4.34. The second-order valence-corrected chi connectivity index (χ2v) is 6.26. The molecule has 0 radical (unpaired) electrons. The van der Waals surface area contributed by atoms with E-state index in [1.165, 1.54) is 25.3 Å². The van der Waals surface area contributed by atoms with Crippen molar-refractivity contribution in [2.75, 3.05) is 13.7 Å². The lowest BCUT2D eigenvalue weighted by atomic mass is 10.2. The van der Waals surface area contributed by atoms with Crippen LogP contribution in [-0.4, -0.2) is 28.0 Å². The fourth-order valence-electron chi connectivity index (χ4n) is 1.32. The molecule has 0 aliphatic heterocycles. The minimum atomic E-state index is -3.96. The van der Waals surface area contributed by atoms with Gasteiger partial charge in [-0.05, 0) is 18.2 Å². The van der Waals surface area contributed by atoms with E-state index in [9.17, 15) is 13.2 Å². The maximum atomic E-state index is 11.8. The van der Waals surface area contributed by atoms with Crippen LogP contribution >= 0.6 is 15.9 Å². The van der Waals surface area contributed by atoms with E-state index in [0.29, 0.717) is 4.48 Å². The lowest BCUT2D eigenvalue weighted by molar-refractivity contribution is 0.0957. The van der Waals surface area contributed by atoms with E-state index in [1.54, 1.807) is 0 Å². The first kappa shape index (κ1) is 15.7. The Kier molecular flexibility index (Phi) is 5.10. The van der Waals surface area contributed by atoms with Crippen molar-refractivity contribution in [2.24, 2.45) is 5.14 Å². The number of primary sulfonamides is 1. The number of nitrogens with one attached hydrogen (secondary N) is 1. The molecule has 0 atom stereocenters. The van der Waals surface area contributed by atoms with Crippen LogP contribution in [0.15, 0.2) is 34.2 Å². The molecule has 0 spiro atoms. The van der Waals surface area contributed by atoms with Crippen molar-refractivity contribution in [1.82, 2.24) is 5.32 Å². The van der Waals surface area contributed by atoms with Crippen molar-refractivity contribution >= 4 is 31.9 Å². The van der Waals surface area contributed by atoms with Crippen LogP contribution in [0.3, 0.4) is 0 Å². The number of carbonyl (C=O) groups excluding carboxylic acids is 1. The molecule has 0 aliphatic carbocycles. The van der Waals surface area contributed by atoms with Gasteiger partial charge in [0, 0.05) is 16.6 Å². The number of sulfonamides is 1. The second-order valence-electron chi connectivity index (χ2n) is 3.61. The summed E-state index contributed by atoms with van der Waals surface area (Å²) in [4.78, 5) is 11.5. The molecule has 0 saturated carbocycles. The highest BCUT2D eigenvalue weighted by molar-refractivity contribution is 9.11. The SMILES string of the molecule is C=C(Br)CNC(=O)c1ccc(OC)c(S(N)(=O)=O)c1. The average molecular weight is 349 g/mol. The van der Waals surface area contributed by atoms with Crippen LogP contribution in [-0.2, 0) is 10.0 Å². The number of amides is 1. The molecule has 1 aromatic rings. The smallest absolute Gasteiger partial charge is 0.251 e. The highest BCUT2D eigenvalue weighted by Gasteiger charge is 2.17. The third-order valence-corrected chi connectivity index (χ3v) is 3.39. The summed E-state index contributed by atoms with van der Waals surface area (Å²) in [7, 11) is -2.65. The molecule has 0 saturated heterocycles. The van der Waals surface area contributed by atoms with Crippen molar-refractivity contribution < 1.29 is 17.9 Å². The maximum absolute atomic E-state index is 11.8. The summed E-state index contributed by atoms with van der Waals surface area (Å²) in [6.45, 7) is 3.80. The maximum Gasteiger partial charge on any atom is 0.251 e. The number of rotatable bonds is 5. The number of halogens is 1. The van der Waals surface area contributed by atoms with Crippen LogP contribution < -0.4 is 15.2 Å². The molecule has 104 valence electrons. The molecule has 0 unspecified atom stereocenters. The van der Waals surface area contributed by atoms with E-state index in [4.69, 9.17) is 9.88 Å². The van der Waals surface area contributed by atoms with Crippen molar-refractivity contribution in [3.05, 3.63) is 34.8 Å². The van der Waals surface area contributed by atoms with E-state index in [0.717, 1.165) is 0 Å². The number of ether oxygens (including phenoxy) is 1. The van der Waals surface area contributed by atoms with Crippen molar-refractivity contribution in [2.45, 2.75) is 4.90 Å². The van der Waals surface area contributed by atoms with E-state index < -0.39 is 15.9 Å². The molecule has 1 amide bonds. The van der Waals surface area contributed by atoms with Crippen LogP contribution in [0.5, 0.6) is 5.75 Å². The van der Waals surface area contributed by atoms with Gasteiger partial charge in [0.25, 0.3) is 5.91 Å². The zero-order chi connectivity index (χ0) is 14.6. The number of hydrogen-bond donors (Lipinski definition) is 2. The third-order valence-electron chi connectivity index (χ3n) is 2.17. The summed E-state index contributed by atoms with van der Waals surface area (Å²) >= 11 is 3.10. The molecule has 1 aromatic carbocycles. The number of methoxy groups -OCH3 is 1. The molecule has 0 aliphatic rings. The average Bonchev–Trinajstić information content (AvgIpc) is 2.34. The van der Waals surface area contributed by atoms with Gasteiger partial charge in [-0.2, -0.15) is 0 Å². The molecule has 8 heteroatoms. The van der Waals surface area contributed by atoms with Gasteiger partial charge in [0.1, 0.15) is 10.6 Å². The van der Waals surface area contributed by atoms with Crippen molar-refractivity contribution in [1.29, 1.82) is 0 Å². The van der Waals surface area contributed by atoms with Crippen molar-refractivity contribution in [3.63, 3.8) is 0 Å². The summed E-state index contributed by atoms with van der Waals surface area (Å²) in [6.07, 6.45) is 0. The first-order valence-electron chi connectivity index (χ1n) is 5.08. The molecular weight excluding hydrogens is 336 g/mol. The Morgan fingerprint density at radius 3 is 2.63 bits per heavy atom. The summed E-state index contributed by atoms with van der Waals surface area (Å²) in [5.41, 5.74) is 0.165. The number of hydrogen-bond acceptors (Lipinski definition) is 4. The summed E-state index contributed by atoms with van der Waals surface area (Å²) in [6, 6.07) is 3.98. The van der Waals surface area contributed by atoms with Gasteiger partial charge in [0.15, 0.2) is 0 Å². The van der Waals surface area contributed by atoms with Crippen LogP contribution in [0, 0.1) is 0 Å². The standard InChI is InChI=1S/C11H13BrN2O4S/c1-7(12)6-14-11(15)8-3-4-9(18-2)10(5-8)19(13,16)17/h3-5H,1,6H2,2H3,(H,14,15)(H2,13,16,17). The Balaban J connectivity index is 3.12. The highest BCUT2D eigenvalue weighted by atomic mass is 79.9. The fraction of sp³-hybridized carbons (Fsp3) is 0.182. The van der Waals surface area contributed by atoms with E-state index in [1.807, 2.05) is 0 Å². The molecule has 0 fully saturated rings. The van der Waals surface area contributed by atoms with Crippen LogP contribution in [0.25, 0.3) is 0 Å². The lowest BCUT2D eigenvalue weighted by Crippen LogP contribution is -2.25. The second kappa shape index (κ2) is 6.18. The minimum Gasteiger partial charge on any atom is -0.495 e. The number of benzene rings is 1. The number of nitrogens with two attached hydrogens (primary N) is 1.